The molecule has 0 unspecified atom stereocenters. The molecule has 0 radical (unpaired) electrons. The van der Waals surface area contributed by atoms with Crippen molar-refractivity contribution in [2.75, 3.05) is 7.11 Å². The van der Waals surface area contributed by atoms with Crippen molar-refractivity contribution in [3.8, 4) is 5.75 Å². The number of aromatic hydroxyl groups is 1. The zero-order valence-corrected chi connectivity index (χ0v) is 9.06. The molecule has 0 heterocycles. The Morgan fingerprint density at radius 1 is 1.38 bits per heavy atom. The molecule has 0 saturated heterocycles. The molecule has 1 N–H and O–H groups in total. The third-order valence-corrected chi connectivity index (χ3v) is 2.01. The van der Waals surface area contributed by atoms with Crippen LogP contribution in [0.3, 0.4) is 0 Å². The zero-order chi connectivity index (χ0) is 12.1. The Kier molecular flexibility index (Phi) is 3.83. The quantitative estimate of drug-likeness (QED) is 0.479. The van der Waals surface area contributed by atoms with Crippen LogP contribution in [-0.2, 0) is 9.53 Å². The van der Waals surface area contributed by atoms with Gasteiger partial charge in [-0.05, 0) is 30.7 Å². The van der Waals surface area contributed by atoms with Crippen LogP contribution in [0.15, 0.2) is 24.3 Å². The highest BCUT2D eigenvalue weighted by molar-refractivity contribution is 5.97. The van der Waals surface area contributed by atoms with Gasteiger partial charge in [-0.1, -0.05) is 6.07 Å². The minimum Gasteiger partial charge on any atom is -0.507 e. The van der Waals surface area contributed by atoms with Crippen LogP contribution in [0.5, 0.6) is 5.75 Å². The fourth-order valence-electron chi connectivity index (χ4n) is 1.17. The van der Waals surface area contributed by atoms with E-state index in [-0.39, 0.29) is 17.1 Å². The topological polar surface area (TPSA) is 63.6 Å². The van der Waals surface area contributed by atoms with Crippen molar-refractivity contribution >= 4 is 17.8 Å². The van der Waals surface area contributed by atoms with Crippen molar-refractivity contribution in [3.05, 3.63) is 35.4 Å². The Labute approximate surface area is 93.2 Å². The van der Waals surface area contributed by atoms with Crippen LogP contribution in [0.1, 0.15) is 22.8 Å². The van der Waals surface area contributed by atoms with E-state index < -0.39 is 5.97 Å². The molecule has 0 bridgehead atoms. The number of ether oxygens (including phenoxy) is 1. The summed E-state index contributed by atoms with van der Waals surface area (Å²) in [6, 6.07) is 4.52. The van der Waals surface area contributed by atoms with E-state index in [1.54, 1.807) is 6.07 Å². The number of carbonyl (C=O) groups is 2. The summed E-state index contributed by atoms with van der Waals surface area (Å²) >= 11 is 0. The largest absolute Gasteiger partial charge is 0.507 e. The predicted molar refractivity (Wildman–Crippen MR) is 59.2 cm³/mol. The molecule has 84 valence electrons. The molecule has 0 aliphatic rings. The number of methoxy groups -OCH3 is 1. The van der Waals surface area contributed by atoms with Crippen LogP contribution in [0.4, 0.5) is 0 Å². The number of hydrogen-bond acceptors (Lipinski definition) is 4. The minimum absolute atomic E-state index is 0.0669. The Balaban J connectivity index is 2.99. The summed E-state index contributed by atoms with van der Waals surface area (Å²) in [6.45, 7) is 1.36. The third-order valence-electron chi connectivity index (χ3n) is 2.01. The minimum atomic E-state index is -0.475. The predicted octanol–water partition coefficient (Wildman–Crippen LogP) is 1.78. The van der Waals surface area contributed by atoms with Gasteiger partial charge in [-0.2, -0.15) is 0 Å². The van der Waals surface area contributed by atoms with Gasteiger partial charge in [0.1, 0.15) is 5.75 Å². The fourth-order valence-corrected chi connectivity index (χ4v) is 1.17. The maximum atomic E-state index is 11.1. The van der Waals surface area contributed by atoms with Gasteiger partial charge in [-0.3, -0.25) is 4.79 Å². The fraction of sp³-hybridized carbons (Fsp3) is 0.167. The number of hydrogen-bond donors (Lipinski definition) is 1. The van der Waals surface area contributed by atoms with Crippen molar-refractivity contribution in [1.82, 2.24) is 0 Å². The van der Waals surface area contributed by atoms with Gasteiger partial charge in [-0.15, -0.1) is 0 Å². The first-order valence-corrected chi connectivity index (χ1v) is 4.64. The summed E-state index contributed by atoms with van der Waals surface area (Å²) in [6.07, 6.45) is 2.76. The highest BCUT2D eigenvalue weighted by Crippen LogP contribution is 2.19. The van der Waals surface area contributed by atoms with Crippen LogP contribution in [0, 0.1) is 0 Å². The summed E-state index contributed by atoms with van der Waals surface area (Å²) in [5.74, 6) is -0.772. The molecule has 0 spiro atoms. The number of carbonyl (C=O) groups excluding carboxylic acids is 2. The molecule has 0 aliphatic heterocycles. The van der Waals surface area contributed by atoms with E-state index in [0.29, 0.717) is 5.56 Å². The highest BCUT2D eigenvalue weighted by atomic mass is 16.5. The molecule has 0 atom stereocenters. The summed E-state index contributed by atoms with van der Waals surface area (Å²) in [5.41, 5.74) is 0.875. The summed E-state index contributed by atoms with van der Waals surface area (Å²) in [7, 11) is 1.28. The molecular formula is C12H12O4. The standard InChI is InChI=1S/C12H12O4/c1-8(13)10-7-9(3-5-11(10)14)4-6-12(15)16-2/h3-7,14H,1-2H3. The van der Waals surface area contributed by atoms with E-state index in [1.807, 2.05) is 0 Å². The Bertz CT molecular complexity index is 446. The summed E-state index contributed by atoms with van der Waals surface area (Å²) < 4.78 is 4.43. The molecule has 1 aromatic carbocycles. The summed E-state index contributed by atoms with van der Waals surface area (Å²) in [4.78, 5) is 22.0. The van der Waals surface area contributed by atoms with Gasteiger partial charge in [0, 0.05) is 6.08 Å². The van der Waals surface area contributed by atoms with Gasteiger partial charge in [0.05, 0.1) is 12.7 Å². The van der Waals surface area contributed by atoms with E-state index in [4.69, 9.17) is 0 Å². The highest BCUT2D eigenvalue weighted by Gasteiger charge is 2.06. The van der Waals surface area contributed by atoms with Crippen molar-refractivity contribution in [1.29, 1.82) is 0 Å². The molecular weight excluding hydrogens is 208 g/mol. The molecule has 16 heavy (non-hydrogen) atoms. The molecule has 0 saturated carbocycles. The maximum Gasteiger partial charge on any atom is 0.330 e. The average Bonchev–Trinajstić information content (AvgIpc) is 2.27. The lowest BCUT2D eigenvalue weighted by molar-refractivity contribution is -0.134. The first-order valence-electron chi connectivity index (χ1n) is 4.64. The van der Waals surface area contributed by atoms with Crippen molar-refractivity contribution in [2.24, 2.45) is 0 Å². The SMILES string of the molecule is COC(=O)C=Cc1ccc(O)c(C(C)=O)c1. The van der Waals surface area contributed by atoms with E-state index in [2.05, 4.69) is 4.74 Å². The van der Waals surface area contributed by atoms with Crippen LogP contribution < -0.4 is 0 Å². The second kappa shape index (κ2) is 5.11. The van der Waals surface area contributed by atoms with E-state index in [0.717, 1.165) is 0 Å². The lowest BCUT2D eigenvalue weighted by Gasteiger charge is -2.01. The number of benzene rings is 1. The number of Topliss-reactive ketones (excluding diaryl/α,β-unsaturated/α-hetero) is 1. The zero-order valence-electron chi connectivity index (χ0n) is 9.06. The third kappa shape index (κ3) is 2.95. The van der Waals surface area contributed by atoms with Crippen molar-refractivity contribution < 1.29 is 19.4 Å². The maximum absolute atomic E-state index is 11.1. The first kappa shape index (κ1) is 12.0. The van der Waals surface area contributed by atoms with E-state index in [1.165, 1.54) is 38.3 Å². The number of phenols is 1. The Morgan fingerprint density at radius 2 is 2.06 bits per heavy atom. The molecule has 0 aliphatic carbocycles. The Hall–Kier alpha value is -2.10. The number of ketones is 1. The molecule has 4 nitrogen and oxygen atoms in total. The molecule has 4 heteroatoms. The molecule has 0 fully saturated rings. The van der Waals surface area contributed by atoms with Crippen LogP contribution in [-0.4, -0.2) is 24.0 Å². The second-order valence-electron chi connectivity index (χ2n) is 3.19. The Morgan fingerprint density at radius 3 is 2.62 bits per heavy atom. The second-order valence-corrected chi connectivity index (χ2v) is 3.19. The first-order chi connectivity index (χ1) is 7.54. The van der Waals surface area contributed by atoms with Gasteiger partial charge in [-0.25, -0.2) is 4.79 Å². The number of phenolic OH excluding ortho intramolecular Hbond substituents is 1. The van der Waals surface area contributed by atoms with Gasteiger partial charge < -0.3 is 9.84 Å². The number of rotatable bonds is 3. The lowest BCUT2D eigenvalue weighted by atomic mass is 10.1. The van der Waals surface area contributed by atoms with Crippen LogP contribution >= 0.6 is 0 Å². The summed E-state index contributed by atoms with van der Waals surface area (Å²) in [5, 5.41) is 9.39. The molecule has 0 amide bonds. The number of esters is 1. The van der Waals surface area contributed by atoms with Gasteiger partial charge in [0.15, 0.2) is 5.78 Å². The normalized spacial score (nSPS) is 10.4. The smallest absolute Gasteiger partial charge is 0.330 e. The average molecular weight is 220 g/mol. The van der Waals surface area contributed by atoms with Gasteiger partial charge in [0.25, 0.3) is 0 Å². The van der Waals surface area contributed by atoms with Gasteiger partial charge >= 0.3 is 5.97 Å². The molecule has 0 aromatic heterocycles. The monoisotopic (exact) mass is 220 g/mol. The van der Waals surface area contributed by atoms with Crippen molar-refractivity contribution in [3.63, 3.8) is 0 Å². The van der Waals surface area contributed by atoms with Crippen molar-refractivity contribution in [2.45, 2.75) is 6.92 Å². The van der Waals surface area contributed by atoms with Gasteiger partial charge in [0.2, 0.25) is 0 Å². The van der Waals surface area contributed by atoms with E-state index >= 15 is 0 Å². The lowest BCUT2D eigenvalue weighted by Crippen LogP contribution is -1.95. The molecule has 1 rings (SSSR count). The molecule has 1 aromatic rings. The van der Waals surface area contributed by atoms with E-state index in [9.17, 15) is 14.7 Å². The van der Waals surface area contributed by atoms with Crippen LogP contribution in [0.25, 0.3) is 6.08 Å². The van der Waals surface area contributed by atoms with Crippen LogP contribution in [0.2, 0.25) is 0 Å².